The van der Waals surface area contributed by atoms with Crippen molar-refractivity contribution in [3.63, 3.8) is 0 Å². The van der Waals surface area contributed by atoms with E-state index in [0.717, 1.165) is 18.8 Å². The van der Waals surface area contributed by atoms with Crippen LogP contribution in [0.4, 0.5) is 0 Å². The summed E-state index contributed by atoms with van der Waals surface area (Å²) in [6.45, 7) is 5.32. The first kappa shape index (κ1) is 110. The maximum Gasteiger partial charge on any atom is 0.319 e. The highest BCUT2D eigenvalue weighted by Crippen LogP contribution is 2.17. The minimum atomic E-state index is -0.553. The molecule has 0 atom stereocenters. The number of alkyl halides is 1. The number of hydrogen-bond donors (Lipinski definition) is 5. The van der Waals surface area contributed by atoms with Crippen LogP contribution in [0.5, 0.6) is 11.5 Å². The molecule has 0 saturated heterocycles. The minimum absolute atomic E-state index is 0. The van der Waals surface area contributed by atoms with Gasteiger partial charge in [-0.1, -0.05) is 47.0 Å². The molecule has 0 bridgehead atoms. The van der Waals surface area contributed by atoms with Gasteiger partial charge in [0.25, 0.3) is 0 Å². The molecule has 35 heteroatoms. The van der Waals surface area contributed by atoms with Gasteiger partial charge in [0.15, 0.2) is 0 Å². The molecule has 5 N–H and O–H groups in total. The summed E-state index contributed by atoms with van der Waals surface area (Å²) in [5.41, 5.74) is 3.63. The summed E-state index contributed by atoms with van der Waals surface area (Å²) >= 11 is 6.88. The molecule has 0 fully saturated rings. The quantitative estimate of drug-likeness (QED) is 0.0106. The Morgan fingerprint density at radius 3 is 0.855 bits per heavy atom. The number of halogens is 2. The lowest BCUT2D eigenvalue weighted by Crippen LogP contribution is -2.36. The van der Waals surface area contributed by atoms with Gasteiger partial charge >= 0.3 is 47.8 Å². The van der Waals surface area contributed by atoms with E-state index in [2.05, 4.69) is 85.6 Å². The lowest BCUT2D eigenvalue weighted by molar-refractivity contribution is -0.147. The number of aliphatic hydroxyl groups excluding tert-OH is 5. The van der Waals surface area contributed by atoms with Gasteiger partial charge in [-0.25, -0.2) is 0 Å². The van der Waals surface area contributed by atoms with E-state index >= 15 is 0 Å². The van der Waals surface area contributed by atoms with Gasteiger partial charge in [0.1, 0.15) is 24.7 Å². The van der Waals surface area contributed by atoms with Gasteiger partial charge in [0.2, 0.25) is 0 Å². The molecular weight excluding hydrogens is 1580 g/mol. The maximum absolute atomic E-state index is 12.0. The highest BCUT2D eigenvalue weighted by molar-refractivity contribution is 14.1. The fourth-order valence-electron chi connectivity index (χ4n) is 7.96. The zero-order valence-corrected chi connectivity index (χ0v) is 65.4. The van der Waals surface area contributed by atoms with Crippen LogP contribution in [-0.2, 0) is 121 Å². The van der Waals surface area contributed by atoms with Crippen molar-refractivity contribution in [2.24, 2.45) is 0 Å². The van der Waals surface area contributed by atoms with Gasteiger partial charge in [-0.3, -0.25) is 67.9 Å². The number of ether oxygens (including phenoxy) is 14. The second-order valence-corrected chi connectivity index (χ2v) is 22.2. The van der Waals surface area contributed by atoms with E-state index in [4.69, 9.17) is 74.6 Å². The number of aromatic nitrogens is 2. The highest BCUT2D eigenvalue weighted by Gasteiger charge is 2.23. The Kier molecular flexibility index (Phi) is 73.7. The predicted molar refractivity (Wildman–Crippen MR) is 417 cm³/mol. The Balaban J connectivity index is -0.000000486. The van der Waals surface area contributed by atoms with Crippen LogP contribution in [0.1, 0.15) is 75.1 Å². The molecule has 0 amide bonds. The normalized spacial score (nSPS) is 9.89. The summed E-state index contributed by atoms with van der Waals surface area (Å²) in [4.78, 5) is 110. The lowest BCUT2D eigenvalue weighted by atomic mass is 10.1. The number of carbonyl (C=O) groups is 8. The standard InChI is InChI=1S/C31H39N3O11.C21H27N3O8.C10H13IO3.C5H12O2.C4H10O3.CH3Cl.3CH4/c1-40-28(36)19-33(20-29(37)41-2)17-25-15-24(6-5-23-7-9-27(10-8-23)45-14-13-44-12-11-35)16-26(32-25)18-34(21-30(38)42-3)22-31(39)43-4;1-6-15-7-16(9-23(11-18(25)29-2)12-19(26)30-3)22-17(8-15)10-24(13-20(27)31-4)14-21(28)32-5;11-9-1-3-10(4-2-9)14-8-7-13-6-5-12;1-2-4-7-5-3-6;5-1-3-7-4-2-6;1-2;;;/h7-10,15-16,35H,11-14,17-22H2,1-4H3;1,7-8H,9-14H2,2-5H3;1-4,12H,5-8H2;6H,2-5H2,1H3;5-6H,1-4H2;1H3;3*1H4. The van der Waals surface area contributed by atoms with E-state index in [0.29, 0.717) is 98.1 Å². The van der Waals surface area contributed by atoms with Gasteiger partial charge < -0.3 is 91.8 Å². The molecule has 0 aliphatic carbocycles. The SMILES string of the molecule is C.C.C.C#Cc1cc(CN(CC(=O)OC)CC(=O)OC)nc(CN(CC(=O)OC)CC(=O)OC)c1.CCCOCCO.CCl.COC(=O)CN(CC(=O)OC)Cc1cc(C#Cc2ccc(OCCOCCO)cc2)cc(CN(CC(=O)OC)CC(=O)OC)n1.OCCOCCO.OCCOCCOc1ccc(I)cc1. The van der Waals surface area contributed by atoms with Crippen LogP contribution < -0.4 is 9.47 Å². The second-order valence-electron chi connectivity index (χ2n) is 21.0. The van der Waals surface area contributed by atoms with Gasteiger partial charge in [-0.05, 0) is 102 Å². The van der Waals surface area contributed by atoms with Crippen LogP contribution in [0.2, 0.25) is 0 Å². The van der Waals surface area contributed by atoms with Crippen molar-refractivity contribution >= 4 is 81.9 Å². The van der Waals surface area contributed by atoms with Crippen molar-refractivity contribution in [3.05, 3.63) is 116 Å². The van der Waals surface area contributed by atoms with Crippen LogP contribution in [0.25, 0.3) is 0 Å². The molecule has 0 saturated carbocycles. The average molecular weight is 1700 g/mol. The Bertz CT molecular complexity index is 3010. The van der Waals surface area contributed by atoms with E-state index in [9.17, 15) is 38.4 Å². The molecule has 4 aromatic rings. The average Bonchev–Trinajstić information content (AvgIpc) is 0.847. The van der Waals surface area contributed by atoms with Crippen molar-refractivity contribution in [2.75, 3.05) is 215 Å². The number of aliphatic hydroxyl groups is 5. The van der Waals surface area contributed by atoms with Gasteiger partial charge in [0.05, 0.1) is 211 Å². The number of esters is 8. The monoisotopic (exact) mass is 1690 g/mol. The van der Waals surface area contributed by atoms with E-state index in [1.807, 2.05) is 31.2 Å². The van der Waals surface area contributed by atoms with Gasteiger partial charge in [-0.15, -0.1) is 18.0 Å². The molecule has 33 nitrogen and oxygen atoms in total. The van der Waals surface area contributed by atoms with Crippen molar-refractivity contribution in [1.82, 2.24) is 29.6 Å². The first-order valence-corrected chi connectivity index (χ1v) is 34.7. The molecule has 622 valence electrons. The zero-order chi connectivity index (χ0) is 80.4. The Morgan fingerprint density at radius 2 is 0.609 bits per heavy atom. The molecule has 0 aliphatic heterocycles. The van der Waals surface area contributed by atoms with E-state index in [1.165, 1.54) is 86.4 Å². The number of rotatable bonds is 44. The molecule has 2 heterocycles. The Hall–Kier alpha value is -8.28. The largest absolute Gasteiger partial charge is 0.491 e. The highest BCUT2D eigenvalue weighted by atomic mass is 127. The summed E-state index contributed by atoms with van der Waals surface area (Å²) in [7, 11) is 9.94. The number of nitrogens with zero attached hydrogens (tertiary/aromatic N) is 6. The van der Waals surface area contributed by atoms with Gasteiger partial charge in [-0.2, -0.15) is 0 Å². The number of terminal acetylenes is 1. The number of carbonyl (C=O) groups excluding carboxylic acids is 8. The predicted octanol–water partition coefficient (Wildman–Crippen LogP) is 3.36. The zero-order valence-electron chi connectivity index (χ0n) is 62.5. The fraction of sp³-hybridized carbons (Fsp3) is 0.547. The fourth-order valence-corrected chi connectivity index (χ4v) is 8.32. The number of methoxy groups -OCH3 is 8. The summed E-state index contributed by atoms with van der Waals surface area (Å²) in [5, 5.41) is 41.5. The maximum atomic E-state index is 12.0. The van der Waals surface area contributed by atoms with Crippen molar-refractivity contribution < 1.29 is 130 Å². The van der Waals surface area contributed by atoms with Crippen LogP contribution in [0.3, 0.4) is 0 Å². The smallest absolute Gasteiger partial charge is 0.319 e. The molecule has 0 aliphatic rings. The van der Waals surface area contributed by atoms with E-state index < -0.39 is 47.8 Å². The summed E-state index contributed by atoms with van der Waals surface area (Å²) in [6, 6.07) is 21.7. The van der Waals surface area contributed by atoms with Crippen LogP contribution in [0, 0.1) is 27.8 Å². The Labute approximate surface area is 666 Å². The third-order valence-corrected chi connectivity index (χ3v) is 13.5. The van der Waals surface area contributed by atoms with Crippen LogP contribution in [0.15, 0.2) is 72.8 Å². The second kappa shape index (κ2) is 73.5. The van der Waals surface area contributed by atoms with Crippen molar-refractivity contribution in [3.8, 4) is 35.7 Å². The van der Waals surface area contributed by atoms with Gasteiger partial charge in [0, 0.05) is 59.4 Å². The summed E-state index contributed by atoms with van der Waals surface area (Å²) in [6.07, 6.45) is 8.06. The van der Waals surface area contributed by atoms with Crippen molar-refractivity contribution in [2.45, 2.75) is 61.8 Å². The van der Waals surface area contributed by atoms with E-state index in [-0.39, 0.29) is 140 Å². The number of hydrogen-bond acceptors (Lipinski definition) is 33. The first-order chi connectivity index (χ1) is 51.6. The molecule has 4 rings (SSSR count). The lowest BCUT2D eigenvalue weighted by Gasteiger charge is -2.21. The molecule has 2 aromatic heterocycles. The van der Waals surface area contributed by atoms with Crippen molar-refractivity contribution in [1.29, 1.82) is 0 Å². The third-order valence-electron chi connectivity index (χ3n) is 12.8. The number of benzene rings is 2. The molecule has 2 aromatic carbocycles. The minimum Gasteiger partial charge on any atom is -0.491 e. The first-order valence-electron chi connectivity index (χ1n) is 32.9. The Morgan fingerprint density at radius 1 is 0.373 bits per heavy atom. The molecule has 110 heavy (non-hydrogen) atoms. The van der Waals surface area contributed by atoms with Crippen LogP contribution in [-0.4, -0.2) is 318 Å². The summed E-state index contributed by atoms with van der Waals surface area (Å²) < 4.78 is 69.7. The van der Waals surface area contributed by atoms with E-state index in [1.54, 1.807) is 48.5 Å². The summed E-state index contributed by atoms with van der Waals surface area (Å²) in [5.74, 6) is 5.83. The van der Waals surface area contributed by atoms with Crippen LogP contribution >= 0.6 is 34.2 Å². The number of pyridine rings is 2. The molecule has 0 spiro atoms. The molecule has 0 radical (unpaired) electrons. The molecule has 0 unspecified atom stereocenters. The third kappa shape index (κ3) is 58.7. The molecular formula is C75H116ClIN6O27. The topological polar surface area (TPSA) is 406 Å².